The monoisotopic (exact) mass is 497 g/mol. The van der Waals surface area contributed by atoms with Crippen molar-refractivity contribution in [1.82, 2.24) is 8.61 Å². The van der Waals surface area contributed by atoms with Crippen LogP contribution in [0, 0.1) is 11.7 Å². The Bertz CT molecular complexity index is 1180. The van der Waals surface area contributed by atoms with Crippen molar-refractivity contribution < 1.29 is 26.0 Å². The highest BCUT2D eigenvalue weighted by Gasteiger charge is 2.33. The maximum atomic E-state index is 13.2. The summed E-state index contributed by atoms with van der Waals surface area (Å²) in [4.78, 5) is 12.6. The molecule has 8 nitrogen and oxygen atoms in total. The first-order valence-electron chi connectivity index (χ1n) is 10.8. The van der Waals surface area contributed by atoms with Gasteiger partial charge in [-0.05, 0) is 61.4 Å². The van der Waals surface area contributed by atoms with Gasteiger partial charge in [0.1, 0.15) is 5.82 Å². The van der Waals surface area contributed by atoms with Gasteiger partial charge in [0.2, 0.25) is 26.0 Å². The van der Waals surface area contributed by atoms with Crippen LogP contribution in [0.1, 0.15) is 26.7 Å². The van der Waals surface area contributed by atoms with Crippen LogP contribution in [-0.4, -0.2) is 57.5 Å². The van der Waals surface area contributed by atoms with Gasteiger partial charge in [-0.2, -0.15) is 8.61 Å². The number of halogens is 1. The van der Waals surface area contributed by atoms with Crippen LogP contribution in [0.25, 0.3) is 0 Å². The van der Waals surface area contributed by atoms with Crippen LogP contribution in [0.15, 0.2) is 58.3 Å². The zero-order valence-electron chi connectivity index (χ0n) is 18.6. The van der Waals surface area contributed by atoms with Gasteiger partial charge in [-0.15, -0.1) is 0 Å². The molecule has 0 spiro atoms. The van der Waals surface area contributed by atoms with E-state index in [2.05, 4.69) is 5.32 Å². The molecule has 0 radical (unpaired) electrons. The number of anilines is 1. The lowest BCUT2D eigenvalue weighted by Crippen LogP contribution is -2.43. The molecule has 0 aromatic heterocycles. The molecule has 1 fully saturated rings. The first-order chi connectivity index (χ1) is 15.6. The molecule has 0 bridgehead atoms. The van der Waals surface area contributed by atoms with Crippen LogP contribution in [0.2, 0.25) is 0 Å². The average Bonchev–Trinajstić information content (AvgIpc) is 2.81. The standard InChI is InChI=1S/C22H28FN3O5S2/c1-3-25(4-2)32(28,29)20-11-13-21(14-12-20)33(30,31)26-15-5-6-17(16-26)22(27)24-19-9-7-18(23)8-10-19/h7-14,17H,3-6,15-16H2,1-2H3,(H,24,27). The van der Waals surface area contributed by atoms with Gasteiger partial charge in [-0.1, -0.05) is 13.8 Å². The molecule has 1 N–H and O–H groups in total. The molecular weight excluding hydrogens is 469 g/mol. The summed E-state index contributed by atoms with van der Waals surface area (Å²) in [5, 5.41) is 2.70. The van der Waals surface area contributed by atoms with Crippen molar-refractivity contribution in [2.75, 3.05) is 31.5 Å². The summed E-state index contributed by atoms with van der Waals surface area (Å²) < 4.78 is 67.2. The summed E-state index contributed by atoms with van der Waals surface area (Å²) in [5.41, 5.74) is 0.436. The topological polar surface area (TPSA) is 104 Å². The molecule has 33 heavy (non-hydrogen) atoms. The van der Waals surface area contributed by atoms with Gasteiger partial charge in [0.05, 0.1) is 15.7 Å². The fourth-order valence-electron chi connectivity index (χ4n) is 3.80. The lowest BCUT2D eigenvalue weighted by Gasteiger charge is -2.31. The second kappa shape index (κ2) is 10.3. The normalized spacial score (nSPS) is 17.8. The molecular formula is C22H28FN3O5S2. The highest BCUT2D eigenvalue weighted by Crippen LogP contribution is 2.26. The van der Waals surface area contributed by atoms with Gasteiger partial charge in [0, 0.05) is 31.9 Å². The van der Waals surface area contributed by atoms with E-state index >= 15 is 0 Å². The van der Waals surface area contributed by atoms with Gasteiger partial charge in [-0.25, -0.2) is 21.2 Å². The van der Waals surface area contributed by atoms with Crippen molar-refractivity contribution in [2.24, 2.45) is 5.92 Å². The predicted octanol–water partition coefficient (Wildman–Crippen LogP) is 2.90. The molecule has 11 heteroatoms. The van der Waals surface area contributed by atoms with E-state index in [0.717, 1.165) is 0 Å². The summed E-state index contributed by atoms with van der Waals surface area (Å²) >= 11 is 0. The number of nitrogens with one attached hydrogen (secondary N) is 1. The van der Waals surface area contributed by atoms with E-state index < -0.39 is 31.8 Å². The quantitative estimate of drug-likeness (QED) is 0.604. The molecule has 180 valence electrons. The highest BCUT2D eigenvalue weighted by molar-refractivity contribution is 7.89. The number of carbonyl (C=O) groups excluding carboxylic acids is 1. The summed E-state index contributed by atoms with van der Waals surface area (Å²) in [6.45, 7) is 4.37. The first-order valence-corrected chi connectivity index (χ1v) is 13.6. The highest BCUT2D eigenvalue weighted by atomic mass is 32.2. The van der Waals surface area contributed by atoms with E-state index in [1.54, 1.807) is 13.8 Å². The third-order valence-electron chi connectivity index (χ3n) is 5.67. The maximum absolute atomic E-state index is 13.2. The minimum Gasteiger partial charge on any atom is -0.326 e. The minimum atomic E-state index is -3.91. The first kappa shape index (κ1) is 25.3. The molecule has 1 aliphatic rings. The molecule has 1 aliphatic heterocycles. The Hall–Kier alpha value is -2.34. The molecule has 2 aromatic rings. The lowest BCUT2D eigenvalue weighted by molar-refractivity contribution is -0.120. The fraction of sp³-hybridized carbons (Fsp3) is 0.409. The van der Waals surface area contributed by atoms with Crippen molar-refractivity contribution in [3.8, 4) is 0 Å². The molecule has 1 amide bonds. The SMILES string of the molecule is CCN(CC)S(=O)(=O)c1ccc(S(=O)(=O)N2CCCC(C(=O)Nc3ccc(F)cc3)C2)cc1. The van der Waals surface area contributed by atoms with E-state index in [-0.39, 0.29) is 28.8 Å². The summed E-state index contributed by atoms with van der Waals surface area (Å²) in [6.07, 6.45) is 1.04. The number of amides is 1. The zero-order valence-corrected chi connectivity index (χ0v) is 20.2. The van der Waals surface area contributed by atoms with Gasteiger partial charge in [0.25, 0.3) is 0 Å². The van der Waals surface area contributed by atoms with E-state index in [1.165, 1.54) is 57.1 Å². The molecule has 1 unspecified atom stereocenters. The molecule has 1 atom stereocenters. The summed E-state index contributed by atoms with van der Waals surface area (Å²) in [6, 6.07) is 10.5. The van der Waals surface area contributed by atoms with Crippen LogP contribution < -0.4 is 5.32 Å². The zero-order chi connectivity index (χ0) is 24.2. The molecule has 1 saturated heterocycles. The molecule has 3 rings (SSSR count). The van der Waals surface area contributed by atoms with Crippen molar-refractivity contribution in [3.63, 3.8) is 0 Å². The van der Waals surface area contributed by atoms with Gasteiger partial charge in [-0.3, -0.25) is 4.79 Å². The molecule has 1 heterocycles. The fourth-order valence-corrected chi connectivity index (χ4v) is 6.78. The lowest BCUT2D eigenvalue weighted by atomic mass is 9.99. The van der Waals surface area contributed by atoms with Crippen LogP contribution in [-0.2, 0) is 24.8 Å². The van der Waals surface area contributed by atoms with E-state index in [4.69, 9.17) is 0 Å². The van der Waals surface area contributed by atoms with Crippen LogP contribution in [0.3, 0.4) is 0 Å². The van der Waals surface area contributed by atoms with Crippen LogP contribution in [0.5, 0.6) is 0 Å². The Morgan fingerprint density at radius 3 is 2.15 bits per heavy atom. The van der Waals surface area contributed by atoms with Crippen molar-refractivity contribution >= 4 is 31.6 Å². The number of hydrogen-bond acceptors (Lipinski definition) is 5. The van der Waals surface area contributed by atoms with E-state index in [1.807, 2.05) is 0 Å². The number of carbonyl (C=O) groups is 1. The maximum Gasteiger partial charge on any atom is 0.243 e. The number of sulfonamides is 2. The summed E-state index contributed by atoms with van der Waals surface area (Å²) in [5.74, 6) is -1.30. The Labute approximate surface area is 194 Å². The largest absolute Gasteiger partial charge is 0.326 e. The summed E-state index contributed by atoms with van der Waals surface area (Å²) in [7, 11) is -7.60. The van der Waals surface area contributed by atoms with Gasteiger partial charge in [0.15, 0.2) is 0 Å². The van der Waals surface area contributed by atoms with Crippen molar-refractivity contribution in [2.45, 2.75) is 36.5 Å². The van der Waals surface area contributed by atoms with E-state index in [9.17, 15) is 26.0 Å². The van der Waals surface area contributed by atoms with E-state index in [0.29, 0.717) is 31.6 Å². The number of hydrogen-bond donors (Lipinski definition) is 1. The Morgan fingerprint density at radius 2 is 1.58 bits per heavy atom. The number of benzene rings is 2. The molecule has 0 saturated carbocycles. The average molecular weight is 498 g/mol. The third-order valence-corrected chi connectivity index (χ3v) is 9.61. The van der Waals surface area contributed by atoms with Gasteiger partial charge < -0.3 is 5.32 Å². The smallest absolute Gasteiger partial charge is 0.243 e. The second-order valence-corrected chi connectivity index (χ2v) is 11.6. The van der Waals surface area contributed by atoms with Crippen molar-refractivity contribution in [3.05, 3.63) is 54.3 Å². The third kappa shape index (κ3) is 5.60. The Kier molecular flexibility index (Phi) is 7.88. The van der Waals surface area contributed by atoms with Crippen molar-refractivity contribution in [1.29, 1.82) is 0 Å². The Morgan fingerprint density at radius 1 is 1.00 bits per heavy atom. The number of rotatable bonds is 8. The predicted molar refractivity (Wildman–Crippen MR) is 123 cm³/mol. The number of piperidine rings is 1. The Balaban J connectivity index is 1.74. The second-order valence-electron chi connectivity index (χ2n) is 7.76. The van der Waals surface area contributed by atoms with Crippen LogP contribution >= 0.6 is 0 Å². The number of nitrogens with zero attached hydrogens (tertiary/aromatic N) is 2. The molecule has 2 aromatic carbocycles. The minimum absolute atomic E-state index is 0.00879. The van der Waals surface area contributed by atoms with Crippen LogP contribution in [0.4, 0.5) is 10.1 Å². The van der Waals surface area contributed by atoms with Gasteiger partial charge >= 0.3 is 0 Å². The molecule has 0 aliphatic carbocycles.